The number of nitrogens with one attached hydrogen (secondary N) is 2. The number of hydrazine groups is 1. The molecule has 4 rings (SSSR count). The summed E-state index contributed by atoms with van der Waals surface area (Å²) < 4.78 is 7.12. The van der Waals surface area contributed by atoms with Gasteiger partial charge in [-0.25, -0.2) is 4.79 Å². The van der Waals surface area contributed by atoms with Crippen molar-refractivity contribution in [2.45, 2.75) is 39.8 Å². The molecule has 1 fully saturated rings. The van der Waals surface area contributed by atoms with E-state index in [0.29, 0.717) is 22.1 Å². The monoisotopic (exact) mass is 455 g/mol. The Hall–Kier alpha value is -3.40. The Labute approximate surface area is 189 Å². The second kappa shape index (κ2) is 7.94. The summed E-state index contributed by atoms with van der Waals surface area (Å²) in [6, 6.07) is 7.93. The van der Waals surface area contributed by atoms with E-state index in [1.54, 1.807) is 37.3 Å². The van der Waals surface area contributed by atoms with Gasteiger partial charge in [0.2, 0.25) is 0 Å². The summed E-state index contributed by atoms with van der Waals surface area (Å²) >= 11 is 1.28. The number of carbonyl (C=O) groups excluding carboxylic acids is 3. The van der Waals surface area contributed by atoms with Crippen molar-refractivity contribution in [2.75, 3.05) is 7.11 Å². The Bertz CT molecular complexity index is 1230. The number of methoxy groups -OCH3 is 1. The Morgan fingerprint density at radius 3 is 2.75 bits per heavy atom. The number of carbonyl (C=O) groups is 3. The van der Waals surface area contributed by atoms with Crippen molar-refractivity contribution >= 4 is 39.4 Å². The highest BCUT2D eigenvalue weighted by Crippen LogP contribution is 2.31. The number of amides is 4. The van der Waals surface area contributed by atoms with E-state index in [1.807, 2.05) is 11.6 Å². The number of imide groups is 1. The van der Waals surface area contributed by atoms with Crippen molar-refractivity contribution < 1.29 is 19.1 Å². The maximum Gasteiger partial charge on any atom is 0.344 e. The van der Waals surface area contributed by atoms with Crippen LogP contribution in [0.2, 0.25) is 0 Å². The molecule has 1 aromatic carbocycles. The van der Waals surface area contributed by atoms with Crippen LogP contribution >= 0.6 is 11.3 Å². The molecule has 4 amide bonds. The third kappa shape index (κ3) is 3.60. The molecule has 9 nitrogen and oxygen atoms in total. The van der Waals surface area contributed by atoms with E-state index < -0.39 is 23.4 Å². The minimum Gasteiger partial charge on any atom is -0.497 e. The number of rotatable bonds is 6. The number of aromatic nitrogens is 2. The van der Waals surface area contributed by atoms with Gasteiger partial charge in [0, 0.05) is 11.9 Å². The van der Waals surface area contributed by atoms with Crippen LogP contribution in [0.25, 0.3) is 10.2 Å². The van der Waals surface area contributed by atoms with Crippen LogP contribution in [0.5, 0.6) is 5.75 Å². The fourth-order valence-corrected chi connectivity index (χ4v) is 4.78. The molecule has 32 heavy (non-hydrogen) atoms. The SMILES string of the molecule is COc1cccc([C@]2(C)NC(=O)N(NC(=O)c3cc4c(C)nn(CC(C)C)c4s3)C2=O)c1. The molecular formula is C22H25N5O4S. The van der Waals surface area contributed by atoms with Gasteiger partial charge in [-0.15, -0.1) is 11.3 Å². The molecule has 3 aromatic rings. The molecule has 0 saturated carbocycles. The first-order valence-corrected chi connectivity index (χ1v) is 11.0. The van der Waals surface area contributed by atoms with Crippen molar-refractivity contribution in [2.24, 2.45) is 5.92 Å². The zero-order valence-electron chi connectivity index (χ0n) is 18.6. The predicted octanol–water partition coefficient (Wildman–Crippen LogP) is 3.18. The Balaban J connectivity index is 1.58. The molecule has 0 aliphatic carbocycles. The second-order valence-corrected chi connectivity index (χ2v) is 9.39. The Morgan fingerprint density at radius 2 is 2.06 bits per heavy atom. The van der Waals surface area contributed by atoms with Crippen molar-refractivity contribution in [3.05, 3.63) is 46.5 Å². The highest BCUT2D eigenvalue weighted by Gasteiger charge is 2.50. The maximum atomic E-state index is 13.1. The Morgan fingerprint density at radius 1 is 1.31 bits per heavy atom. The summed E-state index contributed by atoms with van der Waals surface area (Å²) in [5.41, 5.74) is 2.52. The first kappa shape index (κ1) is 21.8. The normalized spacial score (nSPS) is 18.5. The molecule has 0 spiro atoms. The smallest absolute Gasteiger partial charge is 0.344 e. The molecule has 3 heterocycles. The summed E-state index contributed by atoms with van der Waals surface area (Å²) in [6.07, 6.45) is 0. The lowest BCUT2D eigenvalue weighted by molar-refractivity contribution is -0.132. The van der Waals surface area contributed by atoms with Gasteiger partial charge in [0.15, 0.2) is 0 Å². The van der Waals surface area contributed by atoms with Gasteiger partial charge in [0.1, 0.15) is 16.1 Å². The zero-order chi connectivity index (χ0) is 23.2. The molecule has 2 N–H and O–H groups in total. The third-order valence-electron chi connectivity index (χ3n) is 5.42. The molecule has 1 atom stereocenters. The van der Waals surface area contributed by atoms with Gasteiger partial charge in [-0.3, -0.25) is 19.7 Å². The molecular weight excluding hydrogens is 430 g/mol. The summed E-state index contributed by atoms with van der Waals surface area (Å²) in [6.45, 7) is 8.42. The Kier molecular flexibility index (Phi) is 5.41. The van der Waals surface area contributed by atoms with Gasteiger partial charge in [0.05, 0.1) is 17.7 Å². The van der Waals surface area contributed by atoms with Crippen molar-refractivity contribution in [1.29, 1.82) is 0 Å². The van der Waals surface area contributed by atoms with Crippen LogP contribution in [0.1, 0.15) is 41.7 Å². The van der Waals surface area contributed by atoms with E-state index in [2.05, 4.69) is 29.7 Å². The van der Waals surface area contributed by atoms with Gasteiger partial charge in [-0.1, -0.05) is 26.0 Å². The molecule has 1 saturated heterocycles. The fraction of sp³-hybridized carbons (Fsp3) is 0.364. The number of nitrogens with zero attached hydrogens (tertiary/aromatic N) is 3. The van der Waals surface area contributed by atoms with Crippen LogP contribution in [-0.2, 0) is 16.9 Å². The maximum absolute atomic E-state index is 13.1. The predicted molar refractivity (Wildman–Crippen MR) is 120 cm³/mol. The van der Waals surface area contributed by atoms with E-state index in [4.69, 9.17) is 4.74 Å². The van der Waals surface area contributed by atoms with E-state index in [0.717, 1.165) is 27.5 Å². The van der Waals surface area contributed by atoms with Gasteiger partial charge >= 0.3 is 6.03 Å². The number of urea groups is 1. The number of hydrogen-bond acceptors (Lipinski definition) is 6. The largest absolute Gasteiger partial charge is 0.497 e. The third-order valence-corrected chi connectivity index (χ3v) is 6.57. The zero-order valence-corrected chi connectivity index (χ0v) is 19.4. The molecule has 0 radical (unpaired) electrons. The molecule has 2 aromatic heterocycles. The summed E-state index contributed by atoms with van der Waals surface area (Å²) in [5, 5.41) is 8.84. The number of benzene rings is 1. The minimum absolute atomic E-state index is 0.397. The van der Waals surface area contributed by atoms with Crippen molar-refractivity contribution in [1.82, 2.24) is 25.5 Å². The van der Waals surface area contributed by atoms with Crippen LogP contribution in [0.4, 0.5) is 4.79 Å². The summed E-state index contributed by atoms with van der Waals surface area (Å²) in [4.78, 5) is 39.9. The van der Waals surface area contributed by atoms with Gasteiger partial charge in [0.25, 0.3) is 11.8 Å². The molecule has 1 aliphatic heterocycles. The molecule has 168 valence electrons. The lowest BCUT2D eigenvalue weighted by atomic mass is 9.92. The number of aryl methyl sites for hydroxylation is 1. The number of ether oxygens (including phenoxy) is 1. The molecule has 0 unspecified atom stereocenters. The van der Waals surface area contributed by atoms with Gasteiger partial charge < -0.3 is 10.1 Å². The first-order chi connectivity index (χ1) is 15.1. The first-order valence-electron chi connectivity index (χ1n) is 10.2. The van der Waals surface area contributed by atoms with E-state index in [9.17, 15) is 14.4 Å². The highest BCUT2D eigenvalue weighted by molar-refractivity contribution is 7.20. The van der Waals surface area contributed by atoms with E-state index in [-0.39, 0.29) is 0 Å². The van der Waals surface area contributed by atoms with E-state index >= 15 is 0 Å². The number of hydrogen-bond donors (Lipinski definition) is 2. The van der Waals surface area contributed by atoms with Crippen molar-refractivity contribution in [3.63, 3.8) is 0 Å². The summed E-state index contributed by atoms with van der Waals surface area (Å²) in [5.74, 6) is -0.145. The topological polar surface area (TPSA) is 106 Å². The van der Waals surface area contributed by atoms with Crippen LogP contribution in [-0.4, -0.2) is 39.7 Å². The van der Waals surface area contributed by atoms with E-state index in [1.165, 1.54) is 18.4 Å². The number of fused-ring (bicyclic) bond motifs is 1. The number of thiophene rings is 1. The molecule has 1 aliphatic rings. The molecule has 10 heteroatoms. The van der Waals surface area contributed by atoms with Gasteiger partial charge in [-0.2, -0.15) is 10.1 Å². The average molecular weight is 456 g/mol. The lowest BCUT2D eigenvalue weighted by Gasteiger charge is -2.22. The van der Waals surface area contributed by atoms with Crippen LogP contribution in [0.3, 0.4) is 0 Å². The van der Waals surface area contributed by atoms with Crippen LogP contribution in [0.15, 0.2) is 30.3 Å². The quantitative estimate of drug-likeness (QED) is 0.556. The minimum atomic E-state index is -1.33. The van der Waals surface area contributed by atoms with Gasteiger partial charge in [-0.05, 0) is 43.5 Å². The fourth-order valence-electron chi connectivity index (χ4n) is 3.72. The van der Waals surface area contributed by atoms with Crippen LogP contribution in [0, 0.1) is 12.8 Å². The summed E-state index contributed by atoms with van der Waals surface area (Å²) in [7, 11) is 1.52. The second-order valence-electron chi connectivity index (χ2n) is 8.36. The molecule has 0 bridgehead atoms. The average Bonchev–Trinajstić information content (AvgIpc) is 3.38. The highest BCUT2D eigenvalue weighted by atomic mass is 32.1. The van der Waals surface area contributed by atoms with Crippen LogP contribution < -0.4 is 15.5 Å². The van der Waals surface area contributed by atoms with Crippen molar-refractivity contribution in [3.8, 4) is 5.75 Å². The lowest BCUT2D eigenvalue weighted by Crippen LogP contribution is -2.47. The standard InChI is InChI=1S/C22H25N5O4S/c1-12(2)11-26-19-16(13(3)24-26)10-17(32-19)18(28)25-27-20(29)22(4,23-21(27)30)14-7-6-8-15(9-14)31-5/h6-10,12H,11H2,1-5H3,(H,23,30)(H,25,28)/t22-/m0/s1.